The molecule has 2 N–H and O–H groups in total. The van der Waals surface area contributed by atoms with Crippen molar-refractivity contribution < 1.29 is 14.8 Å². The maximum absolute atomic E-state index is 12.1. The first kappa shape index (κ1) is 16.9. The molecule has 0 radical (unpaired) electrons. The first-order valence-corrected chi connectivity index (χ1v) is 7.27. The van der Waals surface area contributed by atoms with Gasteiger partial charge in [0.1, 0.15) is 0 Å². The Morgan fingerprint density at radius 2 is 2.05 bits per heavy atom. The van der Waals surface area contributed by atoms with E-state index in [1.807, 2.05) is 0 Å². The number of benzene rings is 1. The number of aromatic hydroxyl groups is 1. The molecule has 0 bridgehead atoms. The second kappa shape index (κ2) is 8.24. The number of nitro groups is 1. The minimum atomic E-state index is -0.682. The zero-order valence-electron chi connectivity index (χ0n) is 12.5. The SMILES string of the molecule is CCCCC(CCC)NC(=O)c1ccc([N+](=O)[O-])c(O)c1. The summed E-state index contributed by atoms with van der Waals surface area (Å²) in [6, 6.07) is 3.73. The van der Waals surface area contributed by atoms with Crippen molar-refractivity contribution in [3.63, 3.8) is 0 Å². The summed E-state index contributed by atoms with van der Waals surface area (Å²) >= 11 is 0. The topological polar surface area (TPSA) is 92.5 Å². The number of rotatable bonds is 8. The van der Waals surface area contributed by atoms with E-state index < -0.39 is 16.4 Å². The quantitative estimate of drug-likeness (QED) is 0.567. The van der Waals surface area contributed by atoms with Crippen LogP contribution >= 0.6 is 0 Å². The lowest BCUT2D eigenvalue weighted by atomic mass is 10.0. The number of nitrogens with zero attached hydrogens (tertiary/aromatic N) is 1. The van der Waals surface area contributed by atoms with Gasteiger partial charge in [-0.05, 0) is 25.0 Å². The molecule has 0 saturated heterocycles. The number of phenols is 1. The molecule has 0 spiro atoms. The Balaban J connectivity index is 2.77. The third-order valence-electron chi connectivity index (χ3n) is 3.31. The molecule has 0 aliphatic rings. The molecule has 1 atom stereocenters. The van der Waals surface area contributed by atoms with Gasteiger partial charge in [0, 0.05) is 17.7 Å². The number of phenolic OH excluding ortho intramolecular Hbond substituents is 1. The van der Waals surface area contributed by atoms with Crippen molar-refractivity contribution in [2.24, 2.45) is 0 Å². The molecule has 1 rings (SSSR count). The summed E-state index contributed by atoms with van der Waals surface area (Å²) in [5.41, 5.74) is -0.168. The Labute approximate surface area is 124 Å². The van der Waals surface area contributed by atoms with E-state index in [1.54, 1.807) is 0 Å². The van der Waals surface area contributed by atoms with E-state index in [0.717, 1.165) is 44.2 Å². The van der Waals surface area contributed by atoms with Gasteiger partial charge in [-0.1, -0.05) is 33.1 Å². The van der Waals surface area contributed by atoms with E-state index in [4.69, 9.17) is 0 Å². The Hall–Kier alpha value is -2.11. The fourth-order valence-corrected chi connectivity index (χ4v) is 2.18. The predicted octanol–water partition coefficient (Wildman–Crippen LogP) is 3.39. The number of amides is 1. The first-order valence-electron chi connectivity index (χ1n) is 7.27. The lowest BCUT2D eigenvalue weighted by Gasteiger charge is -2.17. The number of hydrogen-bond donors (Lipinski definition) is 2. The minimum Gasteiger partial charge on any atom is -0.502 e. The van der Waals surface area contributed by atoms with Gasteiger partial charge >= 0.3 is 5.69 Å². The summed E-state index contributed by atoms with van der Waals surface area (Å²) in [6.07, 6.45) is 4.88. The van der Waals surface area contributed by atoms with Gasteiger partial charge in [-0.2, -0.15) is 0 Å². The highest BCUT2D eigenvalue weighted by atomic mass is 16.6. The molecule has 116 valence electrons. The van der Waals surface area contributed by atoms with Gasteiger partial charge in [-0.15, -0.1) is 0 Å². The Kier molecular flexibility index (Phi) is 6.65. The zero-order valence-corrected chi connectivity index (χ0v) is 12.5. The summed E-state index contributed by atoms with van der Waals surface area (Å²) < 4.78 is 0. The third kappa shape index (κ3) is 5.06. The third-order valence-corrected chi connectivity index (χ3v) is 3.31. The van der Waals surface area contributed by atoms with Crippen molar-refractivity contribution >= 4 is 11.6 Å². The first-order chi connectivity index (χ1) is 9.99. The number of nitrogens with one attached hydrogen (secondary N) is 1. The van der Waals surface area contributed by atoms with Crippen molar-refractivity contribution in [3.8, 4) is 5.75 Å². The molecule has 6 nitrogen and oxygen atoms in total. The number of unbranched alkanes of at least 4 members (excludes halogenated alkanes) is 1. The molecular weight excluding hydrogens is 272 g/mol. The average molecular weight is 294 g/mol. The lowest BCUT2D eigenvalue weighted by molar-refractivity contribution is -0.385. The number of nitro benzene ring substituents is 1. The standard InChI is InChI=1S/C15H22N2O4/c1-3-5-7-12(6-4-2)16-15(19)11-8-9-13(17(20)21)14(18)10-11/h8-10,12,18H,3-7H2,1-2H3,(H,16,19). The monoisotopic (exact) mass is 294 g/mol. The molecule has 0 heterocycles. The van der Waals surface area contributed by atoms with E-state index in [-0.39, 0.29) is 17.5 Å². The normalized spacial score (nSPS) is 11.9. The number of carbonyl (C=O) groups excluding carboxylic acids is 1. The summed E-state index contributed by atoms with van der Waals surface area (Å²) in [7, 11) is 0. The van der Waals surface area contributed by atoms with Gasteiger partial charge in [0.05, 0.1) is 4.92 Å². The van der Waals surface area contributed by atoms with E-state index >= 15 is 0 Å². The van der Waals surface area contributed by atoms with Crippen LogP contribution in [0.4, 0.5) is 5.69 Å². The number of carbonyl (C=O) groups is 1. The van der Waals surface area contributed by atoms with E-state index in [1.165, 1.54) is 6.07 Å². The van der Waals surface area contributed by atoms with Crippen LogP contribution in [-0.4, -0.2) is 22.0 Å². The minimum absolute atomic E-state index is 0.0970. The maximum Gasteiger partial charge on any atom is 0.310 e. The van der Waals surface area contributed by atoms with E-state index in [0.29, 0.717) is 0 Å². The van der Waals surface area contributed by atoms with E-state index in [9.17, 15) is 20.0 Å². The maximum atomic E-state index is 12.1. The molecule has 21 heavy (non-hydrogen) atoms. The molecule has 0 aliphatic carbocycles. The molecule has 1 aromatic carbocycles. The van der Waals surface area contributed by atoms with Gasteiger partial charge in [0.2, 0.25) is 0 Å². The molecule has 1 aromatic rings. The van der Waals surface area contributed by atoms with Crippen molar-refractivity contribution in [3.05, 3.63) is 33.9 Å². The van der Waals surface area contributed by atoms with E-state index in [2.05, 4.69) is 19.2 Å². The Bertz CT molecular complexity index is 502. The second-order valence-corrected chi connectivity index (χ2v) is 5.06. The highest BCUT2D eigenvalue weighted by molar-refractivity contribution is 5.95. The number of hydrogen-bond acceptors (Lipinski definition) is 4. The summed E-state index contributed by atoms with van der Waals surface area (Å²) in [5, 5.41) is 23.1. The van der Waals surface area contributed by atoms with Gasteiger partial charge in [-0.25, -0.2) is 0 Å². The van der Waals surface area contributed by atoms with Crippen LogP contribution in [0.2, 0.25) is 0 Å². The van der Waals surface area contributed by atoms with Crippen LogP contribution in [0.25, 0.3) is 0 Å². The molecule has 0 fully saturated rings. The predicted molar refractivity (Wildman–Crippen MR) is 80.4 cm³/mol. The summed E-state index contributed by atoms with van der Waals surface area (Å²) in [6.45, 7) is 4.15. The van der Waals surface area contributed by atoms with Crippen LogP contribution in [0, 0.1) is 10.1 Å². The molecule has 6 heteroatoms. The lowest BCUT2D eigenvalue weighted by Crippen LogP contribution is -2.34. The molecule has 1 unspecified atom stereocenters. The molecular formula is C15H22N2O4. The smallest absolute Gasteiger partial charge is 0.310 e. The highest BCUT2D eigenvalue weighted by Gasteiger charge is 2.18. The van der Waals surface area contributed by atoms with Crippen LogP contribution in [0.15, 0.2) is 18.2 Å². The zero-order chi connectivity index (χ0) is 15.8. The van der Waals surface area contributed by atoms with Crippen molar-refractivity contribution in [2.45, 2.75) is 52.0 Å². The fraction of sp³-hybridized carbons (Fsp3) is 0.533. The Morgan fingerprint density at radius 3 is 2.57 bits per heavy atom. The average Bonchev–Trinajstić information content (AvgIpc) is 2.44. The van der Waals surface area contributed by atoms with Crippen molar-refractivity contribution in [1.29, 1.82) is 0 Å². The largest absolute Gasteiger partial charge is 0.502 e. The van der Waals surface area contributed by atoms with Crippen LogP contribution in [0.5, 0.6) is 5.75 Å². The summed E-state index contributed by atoms with van der Waals surface area (Å²) in [5.74, 6) is -0.803. The van der Waals surface area contributed by atoms with Crippen LogP contribution in [0.1, 0.15) is 56.3 Å². The summed E-state index contributed by atoms with van der Waals surface area (Å²) in [4.78, 5) is 22.1. The molecule has 0 saturated carbocycles. The van der Waals surface area contributed by atoms with Gasteiger partial charge < -0.3 is 10.4 Å². The molecule has 1 amide bonds. The second-order valence-electron chi connectivity index (χ2n) is 5.06. The Morgan fingerprint density at radius 1 is 1.33 bits per heavy atom. The van der Waals surface area contributed by atoms with Gasteiger partial charge in [-0.3, -0.25) is 14.9 Å². The fourth-order valence-electron chi connectivity index (χ4n) is 2.18. The molecule has 0 aromatic heterocycles. The highest BCUT2D eigenvalue weighted by Crippen LogP contribution is 2.26. The molecule has 0 aliphatic heterocycles. The van der Waals surface area contributed by atoms with Gasteiger partial charge in [0.15, 0.2) is 5.75 Å². The van der Waals surface area contributed by atoms with Crippen LogP contribution < -0.4 is 5.32 Å². The van der Waals surface area contributed by atoms with Gasteiger partial charge in [0.25, 0.3) is 5.91 Å². The van der Waals surface area contributed by atoms with Crippen molar-refractivity contribution in [2.75, 3.05) is 0 Å². The van der Waals surface area contributed by atoms with Crippen LogP contribution in [0.3, 0.4) is 0 Å². The van der Waals surface area contributed by atoms with Crippen LogP contribution in [-0.2, 0) is 0 Å². The van der Waals surface area contributed by atoms with Crippen molar-refractivity contribution in [1.82, 2.24) is 5.32 Å².